The van der Waals surface area contributed by atoms with E-state index in [0.717, 1.165) is 40.6 Å². The number of para-hydroxylation sites is 2. The molecule has 0 amide bonds. The number of hydrogen-bond donors (Lipinski definition) is 0. The minimum absolute atomic E-state index is 0.828. The molecule has 0 radical (unpaired) electrons. The van der Waals surface area contributed by atoms with Gasteiger partial charge in [-0.3, -0.25) is 4.57 Å². The summed E-state index contributed by atoms with van der Waals surface area (Å²) in [7, 11) is 0. The summed E-state index contributed by atoms with van der Waals surface area (Å²) in [5.74, 6) is 1.66. The Morgan fingerprint density at radius 1 is 0.500 bits per heavy atom. The standard InChI is InChI=1S/C36H30N4/c1-2-3-11-26-18-22-30(23-19-26)40-35(27-12-5-4-6-13-27)37-38-36(40)28-20-24-29(25-21-28)39-33-16-9-7-14-31(33)32-15-8-10-17-34(32)39/h4-10,12-25H,2-3,11H2,1H3. The summed E-state index contributed by atoms with van der Waals surface area (Å²) in [5.41, 5.74) is 8.01. The van der Waals surface area contributed by atoms with E-state index in [2.05, 4.69) is 130 Å². The summed E-state index contributed by atoms with van der Waals surface area (Å²) < 4.78 is 4.51. The molecule has 0 atom stereocenters. The SMILES string of the molecule is CCCCc1ccc(-n2c(-c3ccccc3)nnc2-c2ccc(-n3c4ccccc4c4ccccc43)cc2)cc1. The highest BCUT2D eigenvalue weighted by Crippen LogP contribution is 2.33. The Balaban J connectivity index is 1.34. The van der Waals surface area contributed by atoms with Crippen molar-refractivity contribution in [3.8, 4) is 34.2 Å². The molecule has 0 saturated heterocycles. The van der Waals surface area contributed by atoms with E-state index < -0.39 is 0 Å². The topological polar surface area (TPSA) is 35.6 Å². The van der Waals surface area contributed by atoms with Crippen LogP contribution < -0.4 is 0 Å². The lowest BCUT2D eigenvalue weighted by molar-refractivity contribution is 0.795. The van der Waals surface area contributed by atoms with E-state index in [1.807, 2.05) is 18.2 Å². The Morgan fingerprint density at radius 3 is 1.60 bits per heavy atom. The van der Waals surface area contributed by atoms with Crippen molar-refractivity contribution >= 4 is 21.8 Å². The summed E-state index contributed by atoms with van der Waals surface area (Å²) in [6.07, 6.45) is 3.49. The van der Waals surface area contributed by atoms with E-state index in [0.29, 0.717) is 0 Å². The van der Waals surface area contributed by atoms with Gasteiger partial charge in [0.05, 0.1) is 11.0 Å². The number of aromatic nitrogens is 4. The first kappa shape index (κ1) is 24.1. The molecule has 2 heterocycles. The van der Waals surface area contributed by atoms with Gasteiger partial charge < -0.3 is 4.57 Å². The highest BCUT2D eigenvalue weighted by Gasteiger charge is 2.18. The van der Waals surface area contributed by atoms with E-state index in [4.69, 9.17) is 5.10 Å². The molecule has 0 aliphatic carbocycles. The van der Waals surface area contributed by atoms with Crippen LogP contribution in [0.25, 0.3) is 56.0 Å². The largest absolute Gasteiger partial charge is 0.309 e. The molecule has 40 heavy (non-hydrogen) atoms. The predicted octanol–water partition coefficient (Wildman–Crippen LogP) is 9.04. The number of nitrogens with zero attached hydrogens (tertiary/aromatic N) is 4. The molecular formula is C36H30N4. The number of unbranched alkanes of at least 4 members (excludes halogenated alkanes) is 1. The third-order valence-corrected chi connectivity index (χ3v) is 7.67. The van der Waals surface area contributed by atoms with Crippen LogP contribution in [-0.2, 0) is 6.42 Å². The van der Waals surface area contributed by atoms with E-state index in [1.165, 1.54) is 40.2 Å². The van der Waals surface area contributed by atoms with Crippen LogP contribution >= 0.6 is 0 Å². The van der Waals surface area contributed by atoms with Gasteiger partial charge in [0.2, 0.25) is 0 Å². The average Bonchev–Trinajstić information content (AvgIpc) is 3.61. The Labute approximate surface area is 234 Å². The van der Waals surface area contributed by atoms with Crippen LogP contribution in [0.3, 0.4) is 0 Å². The molecule has 194 valence electrons. The summed E-state index contributed by atoms with van der Waals surface area (Å²) >= 11 is 0. The molecule has 2 aromatic heterocycles. The molecule has 0 saturated carbocycles. The molecular weight excluding hydrogens is 488 g/mol. The second-order valence-corrected chi connectivity index (χ2v) is 10.2. The van der Waals surface area contributed by atoms with Crippen LogP contribution in [0.1, 0.15) is 25.3 Å². The maximum Gasteiger partial charge on any atom is 0.168 e. The van der Waals surface area contributed by atoms with Crippen LogP contribution in [0.5, 0.6) is 0 Å². The van der Waals surface area contributed by atoms with E-state index in [9.17, 15) is 0 Å². The quantitative estimate of drug-likeness (QED) is 0.211. The summed E-state index contributed by atoms with van der Waals surface area (Å²) in [6.45, 7) is 2.23. The van der Waals surface area contributed by atoms with Gasteiger partial charge in [-0.1, -0.05) is 92.2 Å². The molecule has 0 spiro atoms. The van der Waals surface area contributed by atoms with Crippen LogP contribution in [0.4, 0.5) is 0 Å². The summed E-state index contributed by atoms with van der Waals surface area (Å²) in [5, 5.41) is 11.9. The van der Waals surface area contributed by atoms with Gasteiger partial charge in [-0.25, -0.2) is 0 Å². The van der Waals surface area contributed by atoms with E-state index in [1.54, 1.807) is 0 Å². The first-order valence-electron chi connectivity index (χ1n) is 14.0. The maximum absolute atomic E-state index is 4.71. The number of aryl methyl sites for hydroxylation is 1. The van der Waals surface area contributed by atoms with Crippen molar-refractivity contribution in [2.24, 2.45) is 0 Å². The van der Waals surface area contributed by atoms with Crippen molar-refractivity contribution in [1.29, 1.82) is 0 Å². The number of fused-ring (bicyclic) bond motifs is 3. The number of hydrogen-bond acceptors (Lipinski definition) is 2. The summed E-state index contributed by atoms with van der Waals surface area (Å²) in [4.78, 5) is 0. The Kier molecular flexibility index (Phi) is 6.21. The van der Waals surface area contributed by atoms with Gasteiger partial charge in [0.15, 0.2) is 11.6 Å². The Hall–Kier alpha value is -4.96. The average molecular weight is 519 g/mol. The fourth-order valence-corrected chi connectivity index (χ4v) is 5.64. The van der Waals surface area contributed by atoms with E-state index in [-0.39, 0.29) is 0 Å². The van der Waals surface area contributed by atoms with Crippen molar-refractivity contribution in [1.82, 2.24) is 19.3 Å². The van der Waals surface area contributed by atoms with Crippen molar-refractivity contribution in [2.75, 3.05) is 0 Å². The lowest BCUT2D eigenvalue weighted by Crippen LogP contribution is -2.01. The molecule has 0 aliphatic heterocycles. The molecule has 4 nitrogen and oxygen atoms in total. The normalized spacial score (nSPS) is 11.4. The van der Waals surface area contributed by atoms with Crippen molar-refractivity contribution in [3.05, 3.63) is 133 Å². The molecule has 7 aromatic rings. The van der Waals surface area contributed by atoms with Crippen LogP contribution in [0.2, 0.25) is 0 Å². The Morgan fingerprint density at radius 2 is 1.00 bits per heavy atom. The fourth-order valence-electron chi connectivity index (χ4n) is 5.64. The molecule has 7 rings (SSSR count). The molecule has 4 heteroatoms. The van der Waals surface area contributed by atoms with Crippen molar-refractivity contribution in [3.63, 3.8) is 0 Å². The fraction of sp³-hybridized carbons (Fsp3) is 0.111. The zero-order chi connectivity index (χ0) is 26.9. The van der Waals surface area contributed by atoms with Crippen LogP contribution in [0.15, 0.2) is 127 Å². The molecule has 0 bridgehead atoms. The second-order valence-electron chi connectivity index (χ2n) is 10.2. The third-order valence-electron chi connectivity index (χ3n) is 7.67. The molecule has 0 fully saturated rings. The molecule has 5 aromatic carbocycles. The molecule has 0 unspecified atom stereocenters. The van der Waals surface area contributed by atoms with Gasteiger partial charge >= 0.3 is 0 Å². The highest BCUT2D eigenvalue weighted by atomic mass is 15.3. The monoisotopic (exact) mass is 518 g/mol. The first-order valence-corrected chi connectivity index (χ1v) is 14.0. The minimum atomic E-state index is 0.828. The Bertz CT molecular complexity index is 1860. The number of benzene rings is 5. The number of rotatable bonds is 7. The zero-order valence-corrected chi connectivity index (χ0v) is 22.5. The van der Waals surface area contributed by atoms with Gasteiger partial charge in [0.25, 0.3) is 0 Å². The lowest BCUT2D eigenvalue weighted by Gasteiger charge is -2.13. The smallest absolute Gasteiger partial charge is 0.168 e. The van der Waals surface area contributed by atoms with Gasteiger partial charge in [-0.15, -0.1) is 10.2 Å². The van der Waals surface area contributed by atoms with Crippen LogP contribution in [0, 0.1) is 0 Å². The molecule has 0 N–H and O–H groups in total. The zero-order valence-electron chi connectivity index (χ0n) is 22.5. The van der Waals surface area contributed by atoms with Crippen molar-refractivity contribution in [2.45, 2.75) is 26.2 Å². The lowest BCUT2D eigenvalue weighted by atomic mass is 10.1. The first-order chi connectivity index (χ1) is 19.8. The molecule has 0 aliphatic rings. The second kappa shape index (κ2) is 10.3. The van der Waals surface area contributed by atoms with E-state index >= 15 is 0 Å². The van der Waals surface area contributed by atoms with Gasteiger partial charge in [-0.05, 0) is 66.9 Å². The minimum Gasteiger partial charge on any atom is -0.309 e. The van der Waals surface area contributed by atoms with Gasteiger partial charge in [0.1, 0.15) is 0 Å². The van der Waals surface area contributed by atoms with Crippen LogP contribution in [-0.4, -0.2) is 19.3 Å². The van der Waals surface area contributed by atoms with Gasteiger partial charge in [0, 0.05) is 33.3 Å². The maximum atomic E-state index is 4.71. The third kappa shape index (κ3) is 4.18. The van der Waals surface area contributed by atoms with Gasteiger partial charge in [-0.2, -0.15) is 0 Å². The summed E-state index contributed by atoms with van der Waals surface area (Å²) in [6, 6.07) is 45.0. The predicted molar refractivity (Wildman–Crippen MR) is 165 cm³/mol. The highest BCUT2D eigenvalue weighted by molar-refractivity contribution is 6.09. The van der Waals surface area contributed by atoms with Crippen molar-refractivity contribution < 1.29 is 0 Å².